The van der Waals surface area contributed by atoms with Gasteiger partial charge < -0.3 is 4.74 Å². The third-order valence-corrected chi connectivity index (χ3v) is 6.17. The second-order valence-electron chi connectivity index (χ2n) is 7.58. The molecule has 2 aromatic rings. The Morgan fingerprint density at radius 2 is 1.57 bits per heavy atom. The molecule has 0 saturated heterocycles. The SMILES string of the molecule is CCCCCCCCCOc1ccccc1C=CC(=O)c1ccc(SCCC)cc1. The van der Waals surface area contributed by atoms with E-state index in [0.29, 0.717) is 5.56 Å². The monoisotopic (exact) mass is 424 g/mol. The molecule has 0 aliphatic rings. The van der Waals surface area contributed by atoms with Crippen molar-refractivity contribution in [3.8, 4) is 5.75 Å². The molecule has 0 N–H and O–H groups in total. The van der Waals surface area contributed by atoms with E-state index in [4.69, 9.17) is 4.74 Å². The highest BCUT2D eigenvalue weighted by atomic mass is 32.2. The third kappa shape index (κ3) is 9.21. The van der Waals surface area contributed by atoms with E-state index in [1.807, 2.05) is 66.4 Å². The fourth-order valence-corrected chi connectivity index (χ4v) is 3.96. The Bertz CT molecular complexity index is 765. The minimum atomic E-state index is 0.0175. The predicted molar refractivity (Wildman–Crippen MR) is 131 cm³/mol. The Hall–Kier alpha value is -2.00. The Morgan fingerprint density at radius 1 is 0.867 bits per heavy atom. The first-order chi connectivity index (χ1) is 14.7. The highest BCUT2D eigenvalue weighted by molar-refractivity contribution is 7.99. The summed E-state index contributed by atoms with van der Waals surface area (Å²) in [6, 6.07) is 15.8. The van der Waals surface area contributed by atoms with E-state index in [2.05, 4.69) is 13.8 Å². The standard InChI is InChI=1S/C27H36O2S/c1-3-5-6-7-8-9-12-21-29-27-14-11-10-13-24(27)17-20-26(28)23-15-18-25(19-16-23)30-22-4-2/h10-11,13-20H,3-9,12,21-22H2,1-2H3. The molecule has 0 aliphatic heterocycles. The summed E-state index contributed by atoms with van der Waals surface area (Å²) in [5.41, 5.74) is 1.66. The van der Waals surface area contributed by atoms with E-state index >= 15 is 0 Å². The summed E-state index contributed by atoms with van der Waals surface area (Å²) < 4.78 is 5.99. The van der Waals surface area contributed by atoms with Crippen LogP contribution in [0.5, 0.6) is 5.75 Å². The van der Waals surface area contributed by atoms with Crippen molar-refractivity contribution >= 4 is 23.6 Å². The fourth-order valence-electron chi connectivity index (χ4n) is 3.19. The van der Waals surface area contributed by atoms with Crippen LogP contribution in [0.4, 0.5) is 0 Å². The van der Waals surface area contributed by atoms with Gasteiger partial charge in [-0.05, 0) is 61.1 Å². The number of carbonyl (C=O) groups excluding carboxylic acids is 1. The predicted octanol–water partition coefficient (Wildman–Crippen LogP) is 8.21. The lowest BCUT2D eigenvalue weighted by Gasteiger charge is -2.09. The largest absolute Gasteiger partial charge is 0.493 e. The lowest BCUT2D eigenvalue weighted by atomic mass is 10.1. The number of ketones is 1. The summed E-state index contributed by atoms with van der Waals surface area (Å²) in [4.78, 5) is 13.7. The maximum absolute atomic E-state index is 12.5. The molecule has 0 amide bonds. The number of thioether (sulfide) groups is 1. The molecule has 2 rings (SSSR count). The van der Waals surface area contributed by atoms with Crippen LogP contribution in [0.2, 0.25) is 0 Å². The van der Waals surface area contributed by atoms with E-state index in [1.54, 1.807) is 6.08 Å². The van der Waals surface area contributed by atoms with Gasteiger partial charge in [0.1, 0.15) is 5.75 Å². The Labute approximate surface area is 187 Å². The van der Waals surface area contributed by atoms with Crippen LogP contribution in [0.1, 0.15) is 81.1 Å². The van der Waals surface area contributed by atoms with Crippen LogP contribution >= 0.6 is 11.8 Å². The molecule has 0 fully saturated rings. The molecule has 0 aromatic heterocycles. The summed E-state index contributed by atoms with van der Waals surface area (Å²) in [6.45, 7) is 5.14. The molecule has 0 bridgehead atoms. The van der Waals surface area contributed by atoms with Crippen molar-refractivity contribution in [1.29, 1.82) is 0 Å². The molecule has 30 heavy (non-hydrogen) atoms. The zero-order valence-electron chi connectivity index (χ0n) is 18.6. The minimum absolute atomic E-state index is 0.0175. The van der Waals surface area contributed by atoms with E-state index in [1.165, 1.54) is 43.4 Å². The number of para-hydroxylation sites is 1. The van der Waals surface area contributed by atoms with Crippen LogP contribution in [0.3, 0.4) is 0 Å². The lowest BCUT2D eigenvalue weighted by molar-refractivity contribution is 0.104. The van der Waals surface area contributed by atoms with Gasteiger partial charge in [0.05, 0.1) is 6.61 Å². The lowest BCUT2D eigenvalue weighted by Crippen LogP contribution is -1.99. The number of hydrogen-bond donors (Lipinski definition) is 0. The normalized spacial score (nSPS) is 11.1. The molecule has 0 unspecified atom stereocenters. The number of allylic oxidation sites excluding steroid dienone is 1. The second kappa shape index (κ2) is 14.9. The van der Waals surface area contributed by atoms with E-state index in [9.17, 15) is 4.79 Å². The van der Waals surface area contributed by atoms with Crippen LogP contribution < -0.4 is 4.74 Å². The van der Waals surface area contributed by atoms with Crippen molar-refractivity contribution < 1.29 is 9.53 Å². The van der Waals surface area contributed by atoms with Crippen molar-refractivity contribution in [2.24, 2.45) is 0 Å². The van der Waals surface area contributed by atoms with Crippen molar-refractivity contribution in [1.82, 2.24) is 0 Å². The van der Waals surface area contributed by atoms with Gasteiger partial charge in [0, 0.05) is 16.0 Å². The molecule has 0 heterocycles. The van der Waals surface area contributed by atoms with Crippen molar-refractivity contribution in [3.63, 3.8) is 0 Å². The summed E-state index contributed by atoms with van der Waals surface area (Å²) in [6.07, 6.45) is 13.5. The molecule has 0 spiro atoms. The molecule has 0 aliphatic carbocycles. The van der Waals surface area contributed by atoms with Crippen molar-refractivity contribution in [2.75, 3.05) is 12.4 Å². The van der Waals surface area contributed by atoms with Gasteiger partial charge >= 0.3 is 0 Å². The minimum Gasteiger partial charge on any atom is -0.493 e. The summed E-state index contributed by atoms with van der Waals surface area (Å²) >= 11 is 1.82. The van der Waals surface area contributed by atoms with E-state index in [-0.39, 0.29) is 5.78 Å². The number of carbonyl (C=O) groups is 1. The Morgan fingerprint density at radius 3 is 2.30 bits per heavy atom. The quantitative estimate of drug-likeness (QED) is 0.125. The molecule has 0 atom stereocenters. The van der Waals surface area contributed by atoms with E-state index < -0.39 is 0 Å². The first kappa shape index (κ1) is 24.3. The number of rotatable bonds is 15. The molecular weight excluding hydrogens is 388 g/mol. The Kier molecular flexibility index (Phi) is 12.1. The molecule has 162 valence electrons. The summed E-state index contributed by atoms with van der Waals surface area (Å²) in [7, 11) is 0. The topological polar surface area (TPSA) is 26.3 Å². The van der Waals surface area contributed by atoms with Crippen LogP contribution in [-0.2, 0) is 0 Å². The molecule has 0 saturated carbocycles. The smallest absolute Gasteiger partial charge is 0.185 e. The molecule has 0 radical (unpaired) electrons. The van der Waals surface area contributed by atoms with Gasteiger partial charge in [0.15, 0.2) is 5.78 Å². The highest BCUT2D eigenvalue weighted by Gasteiger charge is 2.04. The van der Waals surface area contributed by atoms with Gasteiger partial charge in [0.2, 0.25) is 0 Å². The van der Waals surface area contributed by atoms with Gasteiger partial charge in [-0.2, -0.15) is 0 Å². The van der Waals surface area contributed by atoms with Gasteiger partial charge in [-0.15, -0.1) is 11.8 Å². The molecule has 2 aromatic carbocycles. The summed E-state index contributed by atoms with van der Waals surface area (Å²) in [5.74, 6) is 1.96. The van der Waals surface area contributed by atoms with Crippen LogP contribution in [-0.4, -0.2) is 18.1 Å². The third-order valence-electron chi connectivity index (χ3n) is 4.95. The Balaban J connectivity index is 1.83. The average molecular weight is 425 g/mol. The molecule has 2 nitrogen and oxygen atoms in total. The van der Waals surface area contributed by atoms with Crippen molar-refractivity contribution in [2.45, 2.75) is 70.1 Å². The maximum Gasteiger partial charge on any atom is 0.185 e. The van der Waals surface area contributed by atoms with Gasteiger partial charge in [-0.3, -0.25) is 4.79 Å². The van der Waals surface area contributed by atoms with Crippen LogP contribution in [0.15, 0.2) is 59.5 Å². The zero-order valence-corrected chi connectivity index (χ0v) is 19.4. The number of ether oxygens (including phenoxy) is 1. The fraction of sp³-hybridized carbons (Fsp3) is 0.444. The number of unbranched alkanes of at least 4 members (excludes halogenated alkanes) is 6. The second-order valence-corrected chi connectivity index (χ2v) is 8.75. The van der Waals surface area contributed by atoms with Crippen LogP contribution in [0.25, 0.3) is 6.08 Å². The molecule has 3 heteroatoms. The first-order valence-electron chi connectivity index (χ1n) is 11.4. The zero-order chi connectivity index (χ0) is 21.4. The highest BCUT2D eigenvalue weighted by Crippen LogP contribution is 2.22. The average Bonchev–Trinajstić information content (AvgIpc) is 2.79. The number of benzene rings is 2. The van der Waals surface area contributed by atoms with E-state index in [0.717, 1.165) is 36.5 Å². The molecular formula is C27H36O2S. The maximum atomic E-state index is 12.5. The van der Waals surface area contributed by atoms with Crippen LogP contribution in [0, 0.1) is 0 Å². The number of hydrogen-bond acceptors (Lipinski definition) is 3. The first-order valence-corrected chi connectivity index (χ1v) is 12.4. The van der Waals surface area contributed by atoms with Gasteiger partial charge in [0.25, 0.3) is 0 Å². The van der Waals surface area contributed by atoms with Gasteiger partial charge in [-0.25, -0.2) is 0 Å². The van der Waals surface area contributed by atoms with Gasteiger partial charge in [-0.1, -0.05) is 70.6 Å². The van der Waals surface area contributed by atoms with Crippen molar-refractivity contribution in [3.05, 3.63) is 65.7 Å². The summed E-state index contributed by atoms with van der Waals surface area (Å²) in [5, 5.41) is 0.